The summed E-state index contributed by atoms with van der Waals surface area (Å²) in [6, 6.07) is 17.7. The van der Waals surface area contributed by atoms with Crippen LogP contribution in [-0.2, 0) is 0 Å². The van der Waals surface area contributed by atoms with E-state index in [4.69, 9.17) is 5.84 Å². The summed E-state index contributed by atoms with van der Waals surface area (Å²) in [7, 11) is 0. The van der Waals surface area contributed by atoms with Gasteiger partial charge in [0.25, 0.3) is 5.91 Å². The van der Waals surface area contributed by atoms with Gasteiger partial charge in [-0.1, -0.05) is 48.5 Å². The SMILES string of the molecule is NNC(=O)c1c2ccccc2cc2ccccc12. The van der Waals surface area contributed by atoms with Crippen LogP contribution < -0.4 is 11.3 Å². The zero-order valence-corrected chi connectivity index (χ0v) is 9.68. The van der Waals surface area contributed by atoms with E-state index in [-0.39, 0.29) is 5.91 Å². The number of hydrogen-bond acceptors (Lipinski definition) is 2. The van der Waals surface area contributed by atoms with Crippen LogP contribution in [0.4, 0.5) is 0 Å². The van der Waals surface area contributed by atoms with Crippen molar-refractivity contribution in [3.63, 3.8) is 0 Å². The largest absolute Gasteiger partial charge is 0.290 e. The Kier molecular flexibility index (Phi) is 2.46. The van der Waals surface area contributed by atoms with E-state index < -0.39 is 0 Å². The Morgan fingerprint density at radius 3 is 1.89 bits per heavy atom. The third-order valence-corrected chi connectivity index (χ3v) is 3.13. The summed E-state index contributed by atoms with van der Waals surface area (Å²) in [5.41, 5.74) is 2.86. The average Bonchev–Trinajstić information content (AvgIpc) is 2.44. The molecule has 3 aromatic rings. The molecule has 3 heteroatoms. The molecule has 0 aliphatic carbocycles. The first-order valence-electron chi connectivity index (χ1n) is 5.72. The molecule has 0 aliphatic rings. The first kappa shape index (κ1) is 10.7. The standard InChI is InChI=1S/C15H12N2O/c16-17-15(18)14-12-7-3-1-5-10(12)9-11-6-2-4-8-13(11)14/h1-9H,16H2,(H,17,18). The number of fused-ring (bicyclic) bond motifs is 2. The minimum Gasteiger partial charge on any atom is -0.290 e. The van der Waals surface area contributed by atoms with Gasteiger partial charge in [0.05, 0.1) is 5.56 Å². The van der Waals surface area contributed by atoms with Crippen LogP contribution in [0.3, 0.4) is 0 Å². The molecule has 0 atom stereocenters. The van der Waals surface area contributed by atoms with Crippen LogP contribution in [0.25, 0.3) is 21.5 Å². The smallest absolute Gasteiger partial charge is 0.266 e. The van der Waals surface area contributed by atoms with E-state index in [0.29, 0.717) is 5.56 Å². The highest BCUT2D eigenvalue weighted by Crippen LogP contribution is 2.28. The summed E-state index contributed by atoms with van der Waals surface area (Å²) < 4.78 is 0. The number of nitrogens with two attached hydrogens (primary N) is 1. The minimum absolute atomic E-state index is 0.261. The maximum atomic E-state index is 12.0. The summed E-state index contributed by atoms with van der Waals surface area (Å²) in [6.07, 6.45) is 0. The molecular weight excluding hydrogens is 224 g/mol. The predicted molar refractivity (Wildman–Crippen MR) is 73.1 cm³/mol. The first-order valence-corrected chi connectivity index (χ1v) is 5.72. The lowest BCUT2D eigenvalue weighted by molar-refractivity contribution is 0.0957. The Morgan fingerprint density at radius 2 is 1.39 bits per heavy atom. The van der Waals surface area contributed by atoms with Crippen molar-refractivity contribution in [3.8, 4) is 0 Å². The van der Waals surface area contributed by atoms with E-state index in [9.17, 15) is 4.79 Å². The molecule has 18 heavy (non-hydrogen) atoms. The van der Waals surface area contributed by atoms with Gasteiger partial charge in [-0.25, -0.2) is 5.84 Å². The molecule has 0 spiro atoms. The van der Waals surface area contributed by atoms with Gasteiger partial charge in [-0.3, -0.25) is 10.2 Å². The van der Waals surface area contributed by atoms with Crippen LogP contribution in [0.15, 0.2) is 54.6 Å². The van der Waals surface area contributed by atoms with Gasteiger partial charge in [-0.15, -0.1) is 0 Å². The molecule has 3 rings (SSSR count). The van der Waals surface area contributed by atoms with Gasteiger partial charge in [0.1, 0.15) is 0 Å². The Bertz CT molecular complexity index is 696. The number of rotatable bonds is 1. The van der Waals surface area contributed by atoms with Gasteiger partial charge in [0.2, 0.25) is 0 Å². The number of nitrogens with one attached hydrogen (secondary N) is 1. The minimum atomic E-state index is -0.261. The second kappa shape index (κ2) is 4.13. The summed E-state index contributed by atoms with van der Waals surface area (Å²) in [4.78, 5) is 12.0. The lowest BCUT2D eigenvalue weighted by atomic mass is 9.96. The summed E-state index contributed by atoms with van der Waals surface area (Å²) >= 11 is 0. The molecule has 0 fully saturated rings. The molecule has 0 aliphatic heterocycles. The number of carbonyl (C=O) groups excluding carboxylic acids is 1. The molecular formula is C15H12N2O. The lowest BCUT2D eigenvalue weighted by Crippen LogP contribution is -2.30. The number of hydrazine groups is 1. The monoisotopic (exact) mass is 236 g/mol. The Labute approximate surface area is 104 Å². The molecule has 3 nitrogen and oxygen atoms in total. The molecule has 0 radical (unpaired) electrons. The van der Waals surface area contributed by atoms with E-state index in [1.807, 2.05) is 48.5 Å². The highest BCUT2D eigenvalue weighted by atomic mass is 16.2. The van der Waals surface area contributed by atoms with Crippen molar-refractivity contribution < 1.29 is 4.79 Å². The van der Waals surface area contributed by atoms with E-state index in [2.05, 4.69) is 11.5 Å². The van der Waals surface area contributed by atoms with Crippen molar-refractivity contribution in [2.75, 3.05) is 0 Å². The molecule has 1 amide bonds. The number of carbonyl (C=O) groups is 1. The van der Waals surface area contributed by atoms with E-state index in [1.54, 1.807) is 0 Å². The van der Waals surface area contributed by atoms with Crippen molar-refractivity contribution in [2.45, 2.75) is 0 Å². The van der Waals surface area contributed by atoms with Crippen molar-refractivity contribution >= 4 is 27.5 Å². The molecule has 3 N–H and O–H groups in total. The average molecular weight is 236 g/mol. The zero-order chi connectivity index (χ0) is 12.5. The summed E-state index contributed by atoms with van der Waals surface area (Å²) in [6.45, 7) is 0. The van der Waals surface area contributed by atoms with E-state index in [1.165, 1.54) is 0 Å². The van der Waals surface area contributed by atoms with Crippen molar-refractivity contribution in [1.82, 2.24) is 5.43 Å². The molecule has 0 saturated carbocycles. The molecule has 0 unspecified atom stereocenters. The van der Waals surface area contributed by atoms with Crippen LogP contribution in [0.5, 0.6) is 0 Å². The second-order valence-corrected chi connectivity index (χ2v) is 4.17. The fourth-order valence-electron chi connectivity index (χ4n) is 2.33. The summed E-state index contributed by atoms with van der Waals surface area (Å²) in [5.74, 6) is 5.03. The van der Waals surface area contributed by atoms with Crippen LogP contribution in [0.1, 0.15) is 10.4 Å². The zero-order valence-electron chi connectivity index (χ0n) is 9.68. The van der Waals surface area contributed by atoms with Crippen LogP contribution in [-0.4, -0.2) is 5.91 Å². The summed E-state index contributed by atoms with van der Waals surface area (Å²) in [5, 5.41) is 3.91. The third-order valence-electron chi connectivity index (χ3n) is 3.13. The van der Waals surface area contributed by atoms with Crippen molar-refractivity contribution in [3.05, 3.63) is 60.2 Å². The van der Waals surface area contributed by atoms with Crippen molar-refractivity contribution in [1.29, 1.82) is 0 Å². The quantitative estimate of drug-likeness (QED) is 0.295. The fraction of sp³-hybridized carbons (Fsp3) is 0. The normalized spacial score (nSPS) is 10.7. The first-order chi connectivity index (χ1) is 8.81. The molecule has 0 heterocycles. The van der Waals surface area contributed by atoms with Gasteiger partial charge < -0.3 is 0 Å². The van der Waals surface area contributed by atoms with Gasteiger partial charge in [-0.2, -0.15) is 0 Å². The van der Waals surface area contributed by atoms with Gasteiger partial charge in [0.15, 0.2) is 0 Å². The number of benzene rings is 3. The topological polar surface area (TPSA) is 55.1 Å². The van der Waals surface area contributed by atoms with Gasteiger partial charge >= 0.3 is 0 Å². The molecule has 0 aromatic heterocycles. The number of nitrogen functional groups attached to an aromatic ring is 1. The molecule has 0 bridgehead atoms. The Morgan fingerprint density at radius 1 is 0.889 bits per heavy atom. The maximum absolute atomic E-state index is 12.0. The predicted octanol–water partition coefficient (Wildman–Crippen LogP) is 2.60. The number of hydrogen-bond donors (Lipinski definition) is 2. The molecule has 88 valence electrons. The highest BCUT2D eigenvalue weighted by molar-refractivity contribution is 6.18. The van der Waals surface area contributed by atoms with Gasteiger partial charge in [-0.05, 0) is 27.6 Å². The highest BCUT2D eigenvalue weighted by Gasteiger charge is 2.13. The Hall–Kier alpha value is -2.39. The molecule has 0 saturated heterocycles. The van der Waals surface area contributed by atoms with Crippen LogP contribution in [0, 0.1) is 0 Å². The third kappa shape index (κ3) is 1.53. The fourth-order valence-corrected chi connectivity index (χ4v) is 2.33. The van der Waals surface area contributed by atoms with Crippen molar-refractivity contribution in [2.24, 2.45) is 5.84 Å². The van der Waals surface area contributed by atoms with Crippen LogP contribution >= 0.6 is 0 Å². The second-order valence-electron chi connectivity index (χ2n) is 4.17. The Balaban J connectivity index is 2.53. The molecule has 3 aromatic carbocycles. The number of amides is 1. The van der Waals surface area contributed by atoms with Crippen LogP contribution in [0.2, 0.25) is 0 Å². The van der Waals surface area contributed by atoms with E-state index in [0.717, 1.165) is 21.5 Å². The lowest BCUT2D eigenvalue weighted by Gasteiger charge is -2.09. The van der Waals surface area contributed by atoms with Gasteiger partial charge in [0, 0.05) is 0 Å². The van der Waals surface area contributed by atoms with E-state index >= 15 is 0 Å². The maximum Gasteiger partial charge on any atom is 0.266 e.